The summed E-state index contributed by atoms with van der Waals surface area (Å²) in [6.45, 7) is -0.257. The van der Waals surface area contributed by atoms with Crippen molar-refractivity contribution in [2.75, 3.05) is 44.2 Å². The van der Waals surface area contributed by atoms with E-state index in [-0.39, 0.29) is 62.6 Å². The number of nitrogens with one attached hydrogen (secondary N) is 3. The van der Waals surface area contributed by atoms with Crippen molar-refractivity contribution >= 4 is 35.8 Å². The maximum atomic E-state index is 13.1. The normalized spacial score (nSPS) is 16.7. The van der Waals surface area contributed by atoms with E-state index in [4.69, 9.17) is 16.6 Å². The van der Waals surface area contributed by atoms with Gasteiger partial charge in [-0.15, -0.1) is 10.2 Å². The average Bonchev–Trinajstić information content (AvgIpc) is 3.39. The first-order chi connectivity index (χ1) is 17.4. The second-order valence-electron chi connectivity index (χ2n) is 8.22. The highest BCUT2D eigenvalue weighted by molar-refractivity contribution is 7.92. The zero-order chi connectivity index (χ0) is 27.4. The number of aliphatic hydroxyl groups is 1. The number of nitrogens with zero attached hydrogens (tertiary/aromatic N) is 4. The first kappa shape index (κ1) is 29.3. The Bertz CT molecular complexity index is 1390. The number of aromatic amines is 1. The van der Waals surface area contributed by atoms with Crippen LogP contribution in [0.5, 0.6) is 0 Å². The van der Waals surface area contributed by atoms with E-state index < -0.39 is 57.8 Å². The second-order valence-corrected chi connectivity index (χ2v) is 13.4. The molecule has 37 heavy (non-hydrogen) atoms. The summed E-state index contributed by atoms with van der Waals surface area (Å²) in [5.74, 6) is -0.243. The van der Waals surface area contributed by atoms with Crippen LogP contribution < -0.4 is 31.0 Å². The monoisotopic (exact) mass is 582 g/mol. The fourth-order valence-electron chi connectivity index (χ4n) is 3.96. The molecule has 2 heterocycles. The number of tetrazole rings is 1. The average molecular weight is 583 g/mol. The summed E-state index contributed by atoms with van der Waals surface area (Å²) in [6, 6.07) is 1.32. The van der Waals surface area contributed by atoms with Crippen LogP contribution in [-0.2, 0) is 30.1 Å². The largest absolute Gasteiger partial charge is 0.395 e. The lowest BCUT2D eigenvalue weighted by molar-refractivity contribution is 0.259. The van der Waals surface area contributed by atoms with Crippen LogP contribution in [0.2, 0.25) is 0 Å². The molecule has 17 nitrogen and oxygen atoms in total. The lowest BCUT2D eigenvalue weighted by atomic mass is 10.1. The van der Waals surface area contributed by atoms with E-state index in [1.165, 1.54) is 6.07 Å². The molecule has 1 aliphatic heterocycles. The molecule has 1 fully saturated rings. The number of primary sulfonamides is 1. The van der Waals surface area contributed by atoms with Crippen LogP contribution in [0.3, 0.4) is 0 Å². The molecule has 0 aliphatic carbocycles. The van der Waals surface area contributed by atoms with Crippen molar-refractivity contribution in [1.82, 2.24) is 30.1 Å². The number of hydrogen-bond acceptors (Lipinski definition) is 13. The Labute approximate surface area is 214 Å². The molecule has 0 saturated carbocycles. The van der Waals surface area contributed by atoms with Crippen molar-refractivity contribution in [3.8, 4) is 11.4 Å². The second kappa shape index (κ2) is 11.6. The summed E-state index contributed by atoms with van der Waals surface area (Å²) in [6.07, 6.45) is 0.402. The van der Waals surface area contributed by atoms with Crippen molar-refractivity contribution < 1.29 is 30.4 Å². The standard InChI is InChI=1S/C17H30N10O7S3/c18-5-6-21-36(31,32)12-3-7-27(8-4-12)13-1-2-14(37(33,34)24-11(9-19)10-28)16(35(20,29)30)15(13)17-22-25-26-23-17/h1-2,11-12,21,24,28H,3-10,18-19H2,(H2,20,29,30)(H,22,23,25,26)/t11-/m0/s1. The molecule has 1 aromatic carbocycles. The summed E-state index contributed by atoms with van der Waals surface area (Å²) in [5, 5.41) is 27.5. The molecule has 0 spiro atoms. The van der Waals surface area contributed by atoms with Crippen LogP contribution in [0, 0.1) is 0 Å². The van der Waals surface area contributed by atoms with Gasteiger partial charge in [-0.2, -0.15) is 5.21 Å². The van der Waals surface area contributed by atoms with E-state index in [1.54, 1.807) is 4.90 Å². The van der Waals surface area contributed by atoms with Crippen LogP contribution in [0.1, 0.15) is 12.8 Å². The van der Waals surface area contributed by atoms with E-state index in [9.17, 15) is 30.4 Å². The summed E-state index contributed by atoms with van der Waals surface area (Å²) in [7, 11) is -12.9. The third kappa shape index (κ3) is 6.59. The van der Waals surface area contributed by atoms with Crippen LogP contribution in [0.15, 0.2) is 21.9 Å². The number of H-pyrrole nitrogens is 1. The fourth-order valence-corrected chi connectivity index (χ4v) is 8.27. The van der Waals surface area contributed by atoms with Gasteiger partial charge < -0.3 is 21.5 Å². The van der Waals surface area contributed by atoms with Crippen LogP contribution in [-0.4, -0.2) is 102 Å². The predicted octanol–water partition coefficient (Wildman–Crippen LogP) is -4.04. The van der Waals surface area contributed by atoms with Gasteiger partial charge >= 0.3 is 0 Å². The Morgan fingerprint density at radius 3 is 2.32 bits per heavy atom. The molecule has 20 heteroatoms. The zero-order valence-corrected chi connectivity index (χ0v) is 22.1. The number of benzene rings is 1. The van der Waals surface area contributed by atoms with Crippen LogP contribution in [0.4, 0.5) is 5.69 Å². The van der Waals surface area contributed by atoms with Gasteiger partial charge in [0.2, 0.25) is 35.9 Å². The van der Waals surface area contributed by atoms with Gasteiger partial charge in [0.05, 0.1) is 23.5 Å². The van der Waals surface area contributed by atoms with Gasteiger partial charge in [-0.1, -0.05) is 0 Å². The minimum Gasteiger partial charge on any atom is -0.395 e. The maximum Gasteiger partial charge on any atom is 0.242 e. The first-order valence-corrected chi connectivity index (χ1v) is 15.6. The van der Waals surface area contributed by atoms with Crippen molar-refractivity contribution in [2.45, 2.75) is 33.9 Å². The number of rotatable bonds is 12. The minimum atomic E-state index is -4.71. The molecule has 1 saturated heterocycles. The van der Waals surface area contributed by atoms with Gasteiger partial charge in [-0.3, -0.25) is 0 Å². The quantitative estimate of drug-likeness (QED) is 0.126. The van der Waals surface area contributed by atoms with Gasteiger partial charge in [0.25, 0.3) is 0 Å². The lowest BCUT2D eigenvalue weighted by Crippen LogP contribution is -2.45. The van der Waals surface area contributed by atoms with E-state index in [2.05, 4.69) is 30.1 Å². The molecule has 0 bridgehead atoms. The third-order valence-electron chi connectivity index (χ3n) is 5.74. The molecule has 3 rings (SSSR count). The SMILES string of the molecule is NCCNS(=O)(=O)C1CCN(c2ccc(S(=O)(=O)N[C@@H](CN)CO)c(S(N)(=O)=O)c2-c2nn[nH]n2)CC1. The Morgan fingerprint density at radius 1 is 1.14 bits per heavy atom. The van der Waals surface area contributed by atoms with Crippen LogP contribution >= 0.6 is 0 Å². The molecular weight excluding hydrogens is 552 g/mol. The van der Waals surface area contributed by atoms with Crippen LogP contribution in [0.25, 0.3) is 11.4 Å². The van der Waals surface area contributed by atoms with E-state index in [1.807, 2.05) is 0 Å². The highest BCUT2D eigenvalue weighted by Gasteiger charge is 2.36. The summed E-state index contributed by atoms with van der Waals surface area (Å²) < 4.78 is 81.4. The Kier molecular flexibility index (Phi) is 9.18. The molecule has 1 aliphatic rings. The molecule has 0 unspecified atom stereocenters. The van der Waals surface area contributed by atoms with Gasteiger partial charge in [0, 0.05) is 38.4 Å². The molecule has 208 valence electrons. The third-order valence-corrected chi connectivity index (χ3v) is 10.4. The number of piperidine rings is 1. The maximum absolute atomic E-state index is 13.1. The number of anilines is 1. The number of aromatic nitrogens is 4. The predicted molar refractivity (Wildman–Crippen MR) is 132 cm³/mol. The summed E-state index contributed by atoms with van der Waals surface area (Å²) in [4.78, 5) is 0.205. The van der Waals surface area contributed by atoms with Crippen molar-refractivity contribution in [3.05, 3.63) is 12.1 Å². The molecule has 1 atom stereocenters. The highest BCUT2D eigenvalue weighted by atomic mass is 32.2. The Hall–Kier alpha value is -2.30. The smallest absolute Gasteiger partial charge is 0.242 e. The van der Waals surface area contributed by atoms with Gasteiger partial charge in [0.15, 0.2) is 0 Å². The van der Waals surface area contributed by atoms with Gasteiger partial charge in [-0.05, 0) is 30.2 Å². The number of aliphatic hydroxyl groups excluding tert-OH is 1. The minimum absolute atomic E-state index is 0.105. The van der Waals surface area contributed by atoms with Crippen molar-refractivity contribution in [1.29, 1.82) is 0 Å². The van der Waals surface area contributed by atoms with E-state index in [0.29, 0.717) is 0 Å². The molecular formula is C17H30N10O7S3. The molecule has 0 radical (unpaired) electrons. The molecule has 0 amide bonds. The topological polar surface area (TPSA) is 282 Å². The van der Waals surface area contributed by atoms with Crippen molar-refractivity contribution in [3.63, 3.8) is 0 Å². The van der Waals surface area contributed by atoms with E-state index >= 15 is 0 Å². The summed E-state index contributed by atoms with van der Waals surface area (Å²) in [5.41, 5.74) is 10.8. The molecule has 1 aromatic heterocycles. The Balaban J connectivity index is 2.11. The number of sulfonamides is 3. The Morgan fingerprint density at radius 2 is 1.81 bits per heavy atom. The fraction of sp³-hybridized carbons (Fsp3) is 0.588. The lowest BCUT2D eigenvalue weighted by Gasteiger charge is -2.34. The number of nitrogens with two attached hydrogens (primary N) is 3. The zero-order valence-electron chi connectivity index (χ0n) is 19.6. The highest BCUT2D eigenvalue weighted by Crippen LogP contribution is 2.39. The van der Waals surface area contributed by atoms with Crippen molar-refractivity contribution in [2.24, 2.45) is 16.6 Å². The first-order valence-electron chi connectivity index (χ1n) is 11.1. The van der Waals surface area contributed by atoms with E-state index in [0.717, 1.165) is 6.07 Å². The summed E-state index contributed by atoms with van der Waals surface area (Å²) >= 11 is 0. The van der Waals surface area contributed by atoms with Gasteiger partial charge in [-0.25, -0.2) is 39.8 Å². The molecule has 2 aromatic rings. The molecule has 10 N–H and O–H groups in total. The number of hydrogen-bond donors (Lipinski definition) is 7. The van der Waals surface area contributed by atoms with Gasteiger partial charge in [0.1, 0.15) is 9.79 Å².